The lowest BCUT2D eigenvalue weighted by Crippen LogP contribution is -2.25. The number of benzene rings is 1. The summed E-state index contributed by atoms with van der Waals surface area (Å²) in [6, 6.07) is 19.7. The lowest BCUT2D eigenvalue weighted by molar-refractivity contribution is 0.602. The Morgan fingerprint density at radius 3 is 2.48 bits per heavy atom. The van der Waals surface area contributed by atoms with Crippen LogP contribution in [0.1, 0.15) is 41.5 Å². The Morgan fingerprint density at radius 2 is 1.70 bits per heavy atom. The molecule has 2 aliphatic rings. The maximum absolute atomic E-state index is 5.18. The molecule has 2 aromatic heterocycles. The SMILES string of the molecule is C(=C1/CCCCC2=NN(c3ccccc3)[C@H](c3cccs3)[C@@H]21)/c1cccs1. The van der Waals surface area contributed by atoms with Gasteiger partial charge in [0.25, 0.3) is 0 Å². The van der Waals surface area contributed by atoms with Crippen molar-refractivity contribution in [3.05, 3.63) is 80.7 Å². The van der Waals surface area contributed by atoms with E-state index in [1.165, 1.54) is 40.4 Å². The summed E-state index contributed by atoms with van der Waals surface area (Å²) in [5.74, 6) is 0.383. The molecule has 4 heteroatoms. The van der Waals surface area contributed by atoms with Crippen molar-refractivity contribution in [2.45, 2.75) is 31.7 Å². The number of fused-ring (bicyclic) bond motifs is 1. The molecular formula is C23H22N2S2. The normalized spacial score (nSPS) is 23.9. The summed E-state index contributed by atoms with van der Waals surface area (Å²) in [6.45, 7) is 0. The first-order valence-electron chi connectivity index (χ1n) is 9.59. The van der Waals surface area contributed by atoms with E-state index in [1.807, 2.05) is 22.7 Å². The Hall–Kier alpha value is -2.17. The van der Waals surface area contributed by atoms with Gasteiger partial charge in [-0.15, -0.1) is 22.7 Å². The first-order valence-corrected chi connectivity index (χ1v) is 11.3. The highest BCUT2D eigenvalue weighted by molar-refractivity contribution is 7.11. The minimum atomic E-state index is 0.270. The molecule has 2 nitrogen and oxygen atoms in total. The Bertz CT molecular complexity index is 940. The van der Waals surface area contributed by atoms with Crippen LogP contribution in [0, 0.1) is 5.92 Å². The second-order valence-corrected chi connectivity index (χ2v) is 9.11. The molecule has 0 N–H and O–H groups in total. The third-order valence-corrected chi connectivity index (χ3v) is 7.21. The molecule has 0 bridgehead atoms. The van der Waals surface area contributed by atoms with Crippen molar-refractivity contribution in [1.82, 2.24) is 0 Å². The average Bonchev–Trinajstić information content (AvgIpc) is 3.43. The molecule has 3 heterocycles. The van der Waals surface area contributed by atoms with Gasteiger partial charge < -0.3 is 0 Å². The van der Waals surface area contributed by atoms with Crippen molar-refractivity contribution >= 4 is 40.1 Å². The molecule has 5 rings (SSSR count). The van der Waals surface area contributed by atoms with Gasteiger partial charge in [0.15, 0.2) is 0 Å². The first-order chi connectivity index (χ1) is 13.4. The summed E-state index contributed by atoms with van der Waals surface area (Å²) in [5, 5.41) is 11.8. The van der Waals surface area contributed by atoms with Crippen molar-refractivity contribution in [1.29, 1.82) is 0 Å². The van der Waals surface area contributed by atoms with E-state index in [4.69, 9.17) is 5.10 Å². The molecule has 2 atom stereocenters. The van der Waals surface area contributed by atoms with E-state index in [1.54, 1.807) is 5.57 Å². The zero-order valence-electron chi connectivity index (χ0n) is 15.1. The lowest BCUT2D eigenvalue weighted by Gasteiger charge is -2.28. The van der Waals surface area contributed by atoms with Crippen LogP contribution < -0.4 is 5.01 Å². The van der Waals surface area contributed by atoms with Crippen molar-refractivity contribution in [2.75, 3.05) is 5.01 Å². The van der Waals surface area contributed by atoms with E-state index in [-0.39, 0.29) is 6.04 Å². The summed E-state index contributed by atoms with van der Waals surface area (Å²) in [6.07, 6.45) is 7.21. The highest BCUT2D eigenvalue weighted by atomic mass is 32.1. The molecule has 1 aromatic carbocycles. The van der Waals surface area contributed by atoms with Crippen LogP contribution in [0.5, 0.6) is 0 Å². The van der Waals surface area contributed by atoms with Crippen molar-refractivity contribution in [3.63, 3.8) is 0 Å². The minimum Gasteiger partial charge on any atom is -0.256 e. The molecule has 0 unspecified atom stereocenters. The fourth-order valence-electron chi connectivity index (χ4n) is 4.26. The quantitative estimate of drug-likeness (QED) is 0.470. The molecule has 1 saturated carbocycles. The molecule has 0 amide bonds. The van der Waals surface area contributed by atoms with Gasteiger partial charge in [0, 0.05) is 21.4 Å². The number of nitrogens with zero attached hydrogens (tertiary/aromatic N) is 2. The number of thiophene rings is 2. The van der Waals surface area contributed by atoms with Crippen LogP contribution in [-0.2, 0) is 0 Å². The van der Waals surface area contributed by atoms with Gasteiger partial charge in [-0.25, -0.2) is 0 Å². The number of hydrogen-bond donors (Lipinski definition) is 0. The van der Waals surface area contributed by atoms with Crippen LogP contribution in [0.25, 0.3) is 6.08 Å². The minimum absolute atomic E-state index is 0.270. The van der Waals surface area contributed by atoms with E-state index < -0.39 is 0 Å². The summed E-state index contributed by atoms with van der Waals surface area (Å²) in [7, 11) is 0. The monoisotopic (exact) mass is 390 g/mol. The van der Waals surface area contributed by atoms with Crippen LogP contribution in [0.3, 0.4) is 0 Å². The standard InChI is InChI=1S/C23H22N2S2/c1-2-9-18(10-3-1)25-23(21-13-7-15-27-21)22-17(16-19-11-6-14-26-19)8-4-5-12-20(22)24-25/h1-3,6-7,9-11,13-16,22-23H,4-5,8,12H2/b17-16+/t22-,23-/m1/s1. The summed E-state index contributed by atoms with van der Waals surface area (Å²) in [4.78, 5) is 2.76. The Labute approximate surface area is 168 Å². The van der Waals surface area contributed by atoms with Crippen molar-refractivity contribution in [2.24, 2.45) is 11.0 Å². The van der Waals surface area contributed by atoms with Crippen LogP contribution in [0.15, 0.2) is 76.0 Å². The number of hydrogen-bond acceptors (Lipinski definition) is 4. The predicted molar refractivity (Wildman–Crippen MR) is 118 cm³/mol. The van der Waals surface area contributed by atoms with E-state index in [9.17, 15) is 0 Å². The molecule has 0 spiro atoms. The fraction of sp³-hybridized carbons (Fsp3) is 0.261. The van der Waals surface area contributed by atoms with Crippen molar-refractivity contribution < 1.29 is 0 Å². The first kappa shape index (κ1) is 17.0. The number of anilines is 1. The predicted octanol–water partition coefficient (Wildman–Crippen LogP) is 7.00. The second-order valence-electron chi connectivity index (χ2n) is 7.15. The maximum Gasteiger partial charge on any atom is 0.0985 e. The van der Waals surface area contributed by atoms with Gasteiger partial charge in [0.05, 0.1) is 11.7 Å². The molecule has 1 fully saturated rings. The fourth-order valence-corrected chi connectivity index (χ4v) is 5.80. The zero-order valence-corrected chi connectivity index (χ0v) is 16.8. The summed E-state index contributed by atoms with van der Waals surface area (Å²) in [5.41, 5.74) is 4.09. The van der Waals surface area contributed by atoms with Gasteiger partial charge >= 0.3 is 0 Å². The summed E-state index contributed by atoms with van der Waals surface area (Å²) >= 11 is 3.68. The van der Waals surface area contributed by atoms with Gasteiger partial charge in [0.1, 0.15) is 0 Å². The van der Waals surface area contributed by atoms with Gasteiger partial charge in [-0.3, -0.25) is 5.01 Å². The summed E-state index contributed by atoms with van der Waals surface area (Å²) < 4.78 is 0. The zero-order chi connectivity index (χ0) is 18.1. The molecule has 27 heavy (non-hydrogen) atoms. The van der Waals surface area contributed by atoms with Gasteiger partial charge in [-0.2, -0.15) is 5.10 Å². The van der Waals surface area contributed by atoms with Gasteiger partial charge in [-0.1, -0.05) is 35.9 Å². The molecule has 1 aliphatic carbocycles. The van der Waals surface area contributed by atoms with Crippen molar-refractivity contribution in [3.8, 4) is 0 Å². The highest BCUT2D eigenvalue weighted by Gasteiger charge is 2.42. The van der Waals surface area contributed by atoms with Crippen LogP contribution in [-0.4, -0.2) is 5.71 Å². The van der Waals surface area contributed by atoms with E-state index >= 15 is 0 Å². The Balaban J connectivity index is 1.62. The number of rotatable bonds is 3. The molecule has 3 aromatic rings. The van der Waals surface area contributed by atoms with Gasteiger partial charge in [-0.05, 0) is 66.8 Å². The van der Waals surface area contributed by atoms with Crippen LogP contribution in [0.2, 0.25) is 0 Å². The highest BCUT2D eigenvalue weighted by Crippen LogP contribution is 2.47. The third-order valence-electron chi connectivity index (χ3n) is 5.45. The third kappa shape index (κ3) is 3.28. The maximum atomic E-state index is 5.18. The number of para-hydroxylation sites is 1. The number of hydrazone groups is 1. The smallest absolute Gasteiger partial charge is 0.0985 e. The Kier molecular flexibility index (Phi) is 4.68. The van der Waals surface area contributed by atoms with E-state index in [0.717, 1.165) is 6.42 Å². The molecule has 136 valence electrons. The van der Waals surface area contributed by atoms with Crippen LogP contribution >= 0.6 is 22.7 Å². The second kappa shape index (κ2) is 7.45. The van der Waals surface area contributed by atoms with E-state index in [0.29, 0.717) is 5.92 Å². The lowest BCUT2D eigenvalue weighted by atomic mass is 9.85. The molecule has 0 radical (unpaired) electrons. The topological polar surface area (TPSA) is 15.6 Å². The molecule has 1 aliphatic heterocycles. The average molecular weight is 391 g/mol. The van der Waals surface area contributed by atoms with Crippen LogP contribution in [0.4, 0.5) is 5.69 Å². The Morgan fingerprint density at radius 1 is 0.889 bits per heavy atom. The van der Waals surface area contributed by atoms with E-state index in [2.05, 4.69) is 76.4 Å². The molecule has 0 saturated heterocycles. The largest absolute Gasteiger partial charge is 0.256 e. The molecular weight excluding hydrogens is 368 g/mol. The van der Waals surface area contributed by atoms with Gasteiger partial charge in [0.2, 0.25) is 0 Å².